The van der Waals surface area contributed by atoms with Crippen molar-refractivity contribution in [1.29, 1.82) is 0 Å². The molecule has 0 aliphatic carbocycles. The van der Waals surface area contributed by atoms with Gasteiger partial charge in [0.25, 0.3) is 0 Å². The van der Waals surface area contributed by atoms with E-state index in [2.05, 4.69) is 167 Å². The Kier molecular flexibility index (Phi) is 13.6. The summed E-state index contributed by atoms with van der Waals surface area (Å²) in [6, 6.07) is 51.6. The molecule has 220 valence electrons. The van der Waals surface area contributed by atoms with E-state index in [1.165, 1.54) is 65.3 Å². The SMILES string of the molecule is Cc1c(C)c(C)[c-]([Si](c2ccccc2)(c2cccc(-c3ccccc3)c2)c2cccc(-c3ccccc3)c2)c1C.[Cl-].[Cl-].[Cl-].[Ti+4]. The van der Waals surface area contributed by atoms with E-state index in [1.54, 1.807) is 0 Å². The van der Waals surface area contributed by atoms with Gasteiger partial charge in [-0.25, -0.2) is 0 Å². The van der Waals surface area contributed by atoms with Gasteiger partial charge in [-0.3, -0.25) is 0 Å². The van der Waals surface area contributed by atoms with Gasteiger partial charge in [-0.2, -0.15) is 22.3 Å². The molecule has 0 spiro atoms. The van der Waals surface area contributed by atoms with Crippen LogP contribution in [0.4, 0.5) is 0 Å². The maximum Gasteiger partial charge on any atom is 4.00 e. The van der Waals surface area contributed by atoms with Crippen LogP contribution in [-0.4, -0.2) is 8.07 Å². The molecular formula is C39H35Cl3SiTi. The molecule has 0 saturated heterocycles. The van der Waals surface area contributed by atoms with Crippen molar-refractivity contribution in [3.05, 3.63) is 162 Å². The molecule has 0 fully saturated rings. The Morgan fingerprint density at radius 3 is 1.09 bits per heavy atom. The molecule has 0 aliphatic rings. The predicted octanol–water partition coefficient (Wildman–Crippen LogP) is -1.64. The fourth-order valence-electron chi connectivity index (χ4n) is 6.53. The van der Waals surface area contributed by atoms with Crippen molar-refractivity contribution in [2.24, 2.45) is 0 Å². The first-order valence-corrected chi connectivity index (χ1v) is 16.1. The van der Waals surface area contributed by atoms with Crippen molar-refractivity contribution >= 4 is 28.8 Å². The molecule has 0 radical (unpaired) electrons. The van der Waals surface area contributed by atoms with Crippen LogP contribution in [0.1, 0.15) is 22.3 Å². The van der Waals surface area contributed by atoms with Gasteiger partial charge in [-0.05, 0) is 22.3 Å². The van der Waals surface area contributed by atoms with Crippen molar-refractivity contribution in [3.8, 4) is 22.3 Å². The van der Waals surface area contributed by atoms with Gasteiger partial charge >= 0.3 is 21.7 Å². The zero-order valence-electron chi connectivity index (χ0n) is 25.4. The van der Waals surface area contributed by atoms with Crippen LogP contribution < -0.4 is 58.0 Å². The Bertz CT molecular complexity index is 1670. The quantitative estimate of drug-likeness (QED) is 0.112. The first-order chi connectivity index (χ1) is 19.5. The Morgan fingerprint density at radius 2 is 0.705 bits per heavy atom. The average molecular weight is 686 g/mol. The summed E-state index contributed by atoms with van der Waals surface area (Å²) in [6.07, 6.45) is 0. The predicted molar refractivity (Wildman–Crippen MR) is 175 cm³/mol. The zero-order valence-corrected chi connectivity index (χ0v) is 30.2. The summed E-state index contributed by atoms with van der Waals surface area (Å²) in [6.45, 7) is 9.28. The van der Waals surface area contributed by atoms with Crippen molar-refractivity contribution in [3.63, 3.8) is 0 Å². The summed E-state index contributed by atoms with van der Waals surface area (Å²) in [5.41, 5.74) is 10.7. The summed E-state index contributed by atoms with van der Waals surface area (Å²) in [5.74, 6) is 0. The van der Waals surface area contributed by atoms with Crippen LogP contribution in [0.3, 0.4) is 0 Å². The molecule has 0 heterocycles. The van der Waals surface area contributed by atoms with Gasteiger partial charge in [0.1, 0.15) is 8.07 Å². The molecule has 6 aromatic carbocycles. The summed E-state index contributed by atoms with van der Waals surface area (Å²) in [5, 5.41) is 5.79. The third-order valence-electron chi connectivity index (χ3n) is 8.82. The van der Waals surface area contributed by atoms with Crippen LogP contribution in [0.5, 0.6) is 0 Å². The van der Waals surface area contributed by atoms with Crippen molar-refractivity contribution in [2.45, 2.75) is 27.7 Å². The van der Waals surface area contributed by atoms with Gasteiger partial charge in [-0.15, -0.1) is 5.19 Å². The van der Waals surface area contributed by atoms with Crippen LogP contribution >= 0.6 is 0 Å². The molecule has 0 atom stereocenters. The first kappa shape index (κ1) is 37.4. The molecule has 0 unspecified atom stereocenters. The number of benzene rings is 5. The topological polar surface area (TPSA) is 0 Å². The third kappa shape index (κ3) is 6.60. The zero-order chi connectivity index (χ0) is 27.7. The first-order valence-electron chi connectivity index (χ1n) is 14.1. The van der Waals surface area contributed by atoms with E-state index in [9.17, 15) is 0 Å². The van der Waals surface area contributed by atoms with Crippen molar-refractivity contribution in [2.75, 3.05) is 0 Å². The number of hydrogen-bond donors (Lipinski definition) is 0. The normalized spacial score (nSPS) is 10.5. The van der Waals surface area contributed by atoms with E-state index in [0.29, 0.717) is 0 Å². The molecular weight excluding hydrogens is 651 g/mol. The van der Waals surface area contributed by atoms with Gasteiger partial charge < -0.3 is 37.2 Å². The second-order valence-corrected chi connectivity index (χ2v) is 14.6. The second kappa shape index (κ2) is 16.0. The molecule has 5 heteroatoms. The fraction of sp³-hybridized carbons (Fsp3) is 0.103. The molecule has 0 nitrogen and oxygen atoms in total. The second-order valence-electron chi connectivity index (χ2n) is 10.9. The smallest absolute Gasteiger partial charge is 1.00 e. The van der Waals surface area contributed by atoms with Crippen LogP contribution in [0.25, 0.3) is 22.3 Å². The molecule has 0 saturated carbocycles. The summed E-state index contributed by atoms with van der Waals surface area (Å²) in [4.78, 5) is 0. The Hall–Kier alpha value is -2.75. The minimum absolute atomic E-state index is 0. The van der Waals surface area contributed by atoms with E-state index < -0.39 is 8.07 Å². The van der Waals surface area contributed by atoms with Crippen LogP contribution in [0.2, 0.25) is 0 Å². The molecule has 6 aromatic rings. The number of halogens is 3. The minimum atomic E-state index is -2.73. The molecule has 0 amide bonds. The maximum absolute atomic E-state index is 2.73. The van der Waals surface area contributed by atoms with Crippen LogP contribution in [-0.2, 0) is 21.7 Å². The summed E-state index contributed by atoms with van der Waals surface area (Å²) >= 11 is 0. The molecule has 0 bridgehead atoms. The Morgan fingerprint density at radius 1 is 0.386 bits per heavy atom. The molecule has 6 rings (SSSR count). The number of rotatable bonds is 6. The van der Waals surface area contributed by atoms with Gasteiger partial charge in [0.15, 0.2) is 0 Å². The van der Waals surface area contributed by atoms with Gasteiger partial charge in [0.2, 0.25) is 0 Å². The molecule has 44 heavy (non-hydrogen) atoms. The van der Waals surface area contributed by atoms with E-state index in [-0.39, 0.29) is 58.9 Å². The monoisotopic (exact) mass is 684 g/mol. The van der Waals surface area contributed by atoms with E-state index in [1.807, 2.05) is 0 Å². The van der Waals surface area contributed by atoms with Gasteiger partial charge in [-0.1, -0.05) is 183 Å². The molecule has 0 aromatic heterocycles. The Balaban J connectivity index is 0.00000169. The van der Waals surface area contributed by atoms with Gasteiger partial charge in [0.05, 0.1) is 0 Å². The minimum Gasteiger partial charge on any atom is -1.00 e. The summed E-state index contributed by atoms with van der Waals surface area (Å²) in [7, 11) is -2.73. The maximum atomic E-state index is 2.47. The van der Waals surface area contributed by atoms with Gasteiger partial charge in [0, 0.05) is 0 Å². The molecule has 0 N–H and O–H groups in total. The van der Waals surface area contributed by atoms with E-state index >= 15 is 0 Å². The third-order valence-corrected chi connectivity index (χ3v) is 13.9. The standard InChI is InChI=1S/C39H35Si.3ClH.Ti/c1-28-29(2)31(4)39(30(28)3)40(36-22-12-7-13-23-36,37-24-14-20-34(26-37)32-16-8-5-9-17-32)38-25-15-21-35(27-38)33-18-10-6-11-19-33;;;;/h5-27H,1-4H3;3*1H;/q-1;;;;+4/p-3. The van der Waals surface area contributed by atoms with Crippen LogP contribution in [0.15, 0.2) is 140 Å². The largest absolute Gasteiger partial charge is 4.00 e. The van der Waals surface area contributed by atoms with Crippen molar-refractivity contribution < 1.29 is 58.9 Å². The summed E-state index contributed by atoms with van der Waals surface area (Å²) < 4.78 is 0. The van der Waals surface area contributed by atoms with Crippen molar-refractivity contribution in [1.82, 2.24) is 0 Å². The molecule has 0 aliphatic heterocycles. The van der Waals surface area contributed by atoms with E-state index in [4.69, 9.17) is 0 Å². The Labute approximate surface area is 297 Å². The fourth-order valence-corrected chi connectivity index (χ4v) is 12.0. The van der Waals surface area contributed by atoms with Crippen LogP contribution in [0, 0.1) is 27.7 Å². The van der Waals surface area contributed by atoms with E-state index in [0.717, 1.165) is 0 Å². The average Bonchev–Trinajstić information content (AvgIpc) is 3.22. The number of hydrogen-bond acceptors (Lipinski definition) is 0.